The van der Waals surface area contributed by atoms with Crippen LogP contribution in [0.3, 0.4) is 0 Å². The van der Waals surface area contributed by atoms with Gasteiger partial charge in [0.1, 0.15) is 12.4 Å². The maximum atomic E-state index is 12.8. The van der Waals surface area contributed by atoms with Crippen molar-refractivity contribution in [3.63, 3.8) is 0 Å². The highest BCUT2D eigenvalue weighted by molar-refractivity contribution is 6.02. The highest BCUT2D eigenvalue weighted by atomic mass is 16.6. The van der Waals surface area contributed by atoms with E-state index in [1.54, 1.807) is 60.5 Å². The number of nitrogens with one attached hydrogen (secondary N) is 2. The second-order valence-corrected chi connectivity index (χ2v) is 6.91. The number of fused-ring (bicyclic) bond motifs is 1. The molecule has 0 saturated heterocycles. The number of hydrogen-bond acceptors (Lipinski definition) is 6. The van der Waals surface area contributed by atoms with E-state index in [0.717, 1.165) is 11.0 Å². The van der Waals surface area contributed by atoms with E-state index in [1.807, 2.05) is 6.07 Å². The van der Waals surface area contributed by atoms with Crippen molar-refractivity contribution in [2.45, 2.75) is 0 Å². The van der Waals surface area contributed by atoms with Crippen molar-refractivity contribution in [2.24, 2.45) is 7.05 Å². The molecule has 32 heavy (non-hydrogen) atoms. The first kappa shape index (κ1) is 20.7. The topological polar surface area (TPSA) is 131 Å². The van der Waals surface area contributed by atoms with E-state index < -0.39 is 12.0 Å². The molecule has 0 radical (unpaired) electrons. The molecule has 0 atom stereocenters. The lowest BCUT2D eigenvalue weighted by Crippen LogP contribution is -2.27. The molecular weight excluding hydrogens is 410 g/mol. The molecular formula is C22H21N7O3. The van der Waals surface area contributed by atoms with Crippen molar-refractivity contribution < 1.29 is 14.3 Å². The average Bonchev–Trinajstić information content (AvgIpc) is 3.38. The van der Waals surface area contributed by atoms with Gasteiger partial charge in [-0.2, -0.15) is 0 Å². The molecule has 162 valence electrons. The van der Waals surface area contributed by atoms with E-state index in [9.17, 15) is 9.59 Å². The molecule has 2 amide bonds. The van der Waals surface area contributed by atoms with Gasteiger partial charge < -0.3 is 25.3 Å². The van der Waals surface area contributed by atoms with Gasteiger partial charge in [0, 0.05) is 18.9 Å². The molecule has 0 saturated carbocycles. The number of carbonyl (C=O) groups excluding carboxylic acids is 2. The number of aryl methyl sites for hydroxylation is 1. The lowest BCUT2D eigenvalue weighted by atomic mass is 10.2. The third kappa shape index (κ3) is 4.15. The fourth-order valence-electron chi connectivity index (χ4n) is 3.20. The summed E-state index contributed by atoms with van der Waals surface area (Å²) in [7, 11) is 1.69. The molecule has 2 heterocycles. The molecule has 0 aliphatic heterocycles. The highest BCUT2D eigenvalue weighted by Crippen LogP contribution is 2.29. The Morgan fingerprint density at radius 2 is 2.00 bits per heavy atom. The molecule has 4 rings (SSSR count). The van der Waals surface area contributed by atoms with E-state index in [1.165, 1.54) is 11.0 Å². The lowest BCUT2D eigenvalue weighted by Gasteiger charge is -2.22. The SMILES string of the molecule is C=CCOC(=O)N(c1ccc(NC(=O)c2nc(N)cn2C)cc1)c1ccc2nc[nH]c2c1. The number of aromatic nitrogens is 4. The van der Waals surface area contributed by atoms with Crippen LogP contribution in [0.4, 0.5) is 27.7 Å². The number of hydrogen-bond donors (Lipinski definition) is 3. The molecule has 4 N–H and O–H groups in total. The molecule has 0 spiro atoms. The highest BCUT2D eigenvalue weighted by Gasteiger charge is 2.21. The van der Waals surface area contributed by atoms with E-state index in [-0.39, 0.29) is 18.2 Å². The third-order valence-electron chi connectivity index (χ3n) is 4.65. The van der Waals surface area contributed by atoms with Crippen LogP contribution in [0.15, 0.2) is 67.6 Å². The summed E-state index contributed by atoms with van der Waals surface area (Å²) in [6.07, 6.45) is 4.07. The summed E-state index contributed by atoms with van der Waals surface area (Å²) in [5.74, 6) is 0.0499. The standard InChI is InChI=1S/C22H21N7O3/c1-3-10-32-22(31)29(16-8-9-17-18(11-16)25-13-24-17)15-6-4-14(5-7-15)26-21(30)20-27-19(23)12-28(20)2/h3-9,11-13H,1,10,23H2,2H3,(H,24,25)(H,26,30). The Hall–Kier alpha value is -4.60. The van der Waals surface area contributed by atoms with Gasteiger partial charge in [0.2, 0.25) is 5.82 Å². The van der Waals surface area contributed by atoms with Gasteiger partial charge in [-0.15, -0.1) is 0 Å². The molecule has 2 aromatic carbocycles. The average molecular weight is 431 g/mol. The Kier molecular flexibility index (Phi) is 5.58. The van der Waals surface area contributed by atoms with Gasteiger partial charge >= 0.3 is 6.09 Å². The predicted molar refractivity (Wildman–Crippen MR) is 122 cm³/mol. The minimum Gasteiger partial charge on any atom is -0.445 e. The third-order valence-corrected chi connectivity index (χ3v) is 4.65. The van der Waals surface area contributed by atoms with Gasteiger partial charge in [0.05, 0.1) is 28.7 Å². The molecule has 4 aromatic rings. The van der Waals surface area contributed by atoms with Crippen LogP contribution in [0.25, 0.3) is 11.0 Å². The van der Waals surface area contributed by atoms with E-state index in [0.29, 0.717) is 17.1 Å². The van der Waals surface area contributed by atoms with Crippen molar-refractivity contribution in [2.75, 3.05) is 22.6 Å². The lowest BCUT2D eigenvalue weighted by molar-refractivity contribution is 0.101. The largest absolute Gasteiger partial charge is 0.445 e. The molecule has 0 aliphatic rings. The number of imidazole rings is 2. The quantitative estimate of drug-likeness (QED) is 0.400. The summed E-state index contributed by atoms with van der Waals surface area (Å²) in [5.41, 5.74) is 8.87. The van der Waals surface area contributed by atoms with Crippen LogP contribution in [-0.2, 0) is 11.8 Å². The Bertz CT molecular complexity index is 1290. The van der Waals surface area contributed by atoms with Crippen LogP contribution < -0.4 is 16.0 Å². The molecule has 0 fully saturated rings. The van der Waals surface area contributed by atoms with Crippen molar-refractivity contribution in [1.29, 1.82) is 0 Å². The zero-order valence-electron chi connectivity index (χ0n) is 17.3. The first-order valence-electron chi connectivity index (χ1n) is 9.67. The van der Waals surface area contributed by atoms with Crippen molar-refractivity contribution in [3.8, 4) is 0 Å². The van der Waals surface area contributed by atoms with Crippen LogP contribution in [0.1, 0.15) is 10.6 Å². The monoisotopic (exact) mass is 431 g/mol. The van der Waals surface area contributed by atoms with Crippen molar-refractivity contribution in [1.82, 2.24) is 19.5 Å². The summed E-state index contributed by atoms with van der Waals surface area (Å²) in [5, 5.41) is 2.76. The molecule has 10 heteroatoms. The normalized spacial score (nSPS) is 10.7. The number of amides is 2. The second-order valence-electron chi connectivity index (χ2n) is 6.91. The molecule has 10 nitrogen and oxygen atoms in total. The number of nitrogens with two attached hydrogens (primary N) is 1. The number of benzene rings is 2. The summed E-state index contributed by atoms with van der Waals surface area (Å²) in [6.45, 7) is 3.65. The summed E-state index contributed by atoms with van der Waals surface area (Å²) in [6, 6.07) is 12.2. The number of rotatable bonds is 6. The Morgan fingerprint density at radius 3 is 2.69 bits per heavy atom. The summed E-state index contributed by atoms with van der Waals surface area (Å²) < 4.78 is 6.82. The number of anilines is 4. The molecule has 0 aliphatic carbocycles. The Morgan fingerprint density at radius 1 is 1.25 bits per heavy atom. The minimum absolute atomic E-state index is 0.0720. The van der Waals surface area contributed by atoms with Gasteiger partial charge in [-0.25, -0.2) is 19.7 Å². The smallest absolute Gasteiger partial charge is 0.419 e. The number of nitrogens with zero attached hydrogens (tertiary/aromatic N) is 4. The van der Waals surface area contributed by atoms with Gasteiger partial charge in [0.25, 0.3) is 5.91 Å². The molecule has 0 unspecified atom stereocenters. The molecule has 0 bridgehead atoms. The van der Waals surface area contributed by atoms with Crippen LogP contribution >= 0.6 is 0 Å². The predicted octanol–water partition coefficient (Wildman–Crippen LogP) is 3.59. The van der Waals surface area contributed by atoms with E-state index in [4.69, 9.17) is 10.5 Å². The summed E-state index contributed by atoms with van der Waals surface area (Å²) >= 11 is 0. The Labute approximate surface area is 183 Å². The number of carbonyl (C=O) groups is 2. The number of aromatic amines is 1. The van der Waals surface area contributed by atoms with Crippen LogP contribution in [-0.4, -0.2) is 38.1 Å². The molecule has 2 aromatic heterocycles. The van der Waals surface area contributed by atoms with Gasteiger partial charge in [-0.3, -0.25) is 4.79 Å². The fraction of sp³-hybridized carbons (Fsp3) is 0.0909. The van der Waals surface area contributed by atoms with E-state index in [2.05, 4.69) is 26.8 Å². The number of nitrogen functional groups attached to an aromatic ring is 1. The summed E-state index contributed by atoms with van der Waals surface area (Å²) in [4.78, 5) is 37.9. The number of ether oxygens (including phenoxy) is 1. The van der Waals surface area contributed by atoms with Gasteiger partial charge in [0.15, 0.2) is 0 Å². The van der Waals surface area contributed by atoms with Gasteiger partial charge in [-0.05, 0) is 42.5 Å². The fourth-order valence-corrected chi connectivity index (χ4v) is 3.20. The first-order chi connectivity index (χ1) is 15.5. The second kappa shape index (κ2) is 8.64. The first-order valence-corrected chi connectivity index (χ1v) is 9.67. The van der Waals surface area contributed by atoms with Crippen LogP contribution in [0.5, 0.6) is 0 Å². The number of H-pyrrole nitrogens is 1. The Balaban J connectivity index is 1.61. The van der Waals surface area contributed by atoms with Crippen molar-refractivity contribution in [3.05, 3.63) is 73.5 Å². The maximum Gasteiger partial charge on any atom is 0.419 e. The van der Waals surface area contributed by atoms with Gasteiger partial charge in [-0.1, -0.05) is 12.7 Å². The van der Waals surface area contributed by atoms with Crippen LogP contribution in [0.2, 0.25) is 0 Å². The van der Waals surface area contributed by atoms with Crippen LogP contribution in [0, 0.1) is 0 Å². The maximum absolute atomic E-state index is 12.8. The minimum atomic E-state index is -0.566. The van der Waals surface area contributed by atoms with Crippen molar-refractivity contribution >= 4 is 45.9 Å². The van der Waals surface area contributed by atoms with E-state index >= 15 is 0 Å². The zero-order chi connectivity index (χ0) is 22.7. The zero-order valence-corrected chi connectivity index (χ0v) is 17.3.